The normalized spacial score (nSPS) is 13.4. The van der Waals surface area contributed by atoms with Gasteiger partial charge in [-0.15, -0.1) is 0 Å². The summed E-state index contributed by atoms with van der Waals surface area (Å²) in [6, 6.07) is 2.99. The van der Waals surface area contributed by atoms with E-state index < -0.39 is 17.7 Å². The third-order valence-corrected chi connectivity index (χ3v) is 6.06. The first-order chi connectivity index (χ1) is 17.3. The Hall–Kier alpha value is -3.80. The van der Waals surface area contributed by atoms with Gasteiger partial charge in [0, 0.05) is 62.3 Å². The number of likely N-dealkylation sites (tertiary alicyclic amines) is 1. The first-order valence-electron chi connectivity index (χ1n) is 11.4. The van der Waals surface area contributed by atoms with Gasteiger partial charge in [-0.05, 0) is 24.8 Å². The van der Waals surface area contributed by atoms with Gasteiger partial charge < -0.3 is 24.8 Å². The lowest BCUT2D eigenvalue weighted by Crippen LogP contribution is -2.53. The molecule has 0 unspecified atom stereocenters. The van der Waals surface area contributed by atoms with Crippen LogP contribution in [0.5, 0.6) is 11.5 Å². The Morgan fingerprint density at radius 1 is 1.08 bits per heavy atom. The third kappa shape index (κ3) is 5.54. The highest BCUT2D eigenvalue weighted by atomic mass is 19.1. The average molecular weight is 503 g/mol. The number of β-amino-alcohol motifs (C(OH)–C–C–N with tert-alkyl or cyclic N) is 1. The molecule has 1 saturated heterocycles. The lowest BCUT2D eigenvalue weighted by molar-refractivity contribution is -0.141. The van der Waals surface area contributed by atoms with Crippen LogP contribution in [0.2, 0.25) is 0 Å². The van der Waals surface area contributed by atoms with E-state index in [1.807, 2.05) is 6.07 Å². The van der Waals surface area contributed by atoms with Gasteiger partial charge in [0.2, 0.25) is 11.9 Å². The molecule has 36 heavy (non-hydrogen) atoms. The minimum atomic E-state index is -0.759. The predicted molar refractivity (Wildman–Crippen MR) is 126 cm³/mol. The van der Waals surface area contributed by atoms with Gasteiger partial charge >= 0.3 is 0 Å². The number of ether oxygens (including phenoxy) is 2. The topological polar surface area (TPSA) is 115 Å². The highest BCUT2D eigenvalue weighted by Crippen LogP contribution is 2.32. The van der Waals surface area contributed by atoms with E-state index in [1.165, 1.54) is 20.3 Å². The van der Waals surface area contributed by atoms with Gasteiger partial charge in [-0.2, -0.15) is 5.10 Å². The largest absolute Gasteiger partial charge is 0.494 e. The lowest BCUT2D eigenvalue weighted by atomic mass is 10.0. The van der Waals surface area contributed by atoms with Crippen molar-refractivity contribution in [3.8, 4) is 11.5 Å². The predicted octanol–water partition coefficient (Wildman–Crippen LogP) is 2.17. The number of halogens is 2. The van der Waals surface area contributed by atoms with E-state index in [9.17, 15) is 18.7 Å². The van der Waals surface area contributed by atoms with Crippen LogP contribution in [0.3, 0.4) is 0 Å². The van der Waals surface area contributed by atoms with Crippen LogP contribution in [0.4, 0.5) is 20.5 Å². The molecule has 1 aromatic carbocycles. The average Bonchev–Trinajstić information content (AvgIpc) is 3.20. The van der Waals surface area contributed by atoms with Gasteiger partial charge in [0.05, 0.1) is 20.3 Å². The maximum atomic E-state index is 14.6. The number of aromatic nitrogens is 4. The van der Waals surface area contributed by atoms with Crippen LogP contribution in [0.25, 0.3) is 0 Å². The number of nitrogens with zero attached hydrogens (tertiary/aromatic N) is 5. The summed E-state index contributed by atoms with van der Waals surface area (Å²) in [6.07, 6.45) is 3.95. The van der Waals surface area contributed by atoms with E-state index in [0.717, 1.165) is 5.69 Å². The standard InChI is InChI=1S/C24H28F2N6O4/c1-31-15(5-7-21(34)32-12-16(33)13-32)8-20(30-31)29-24-27-10-14(11-28-24)4-6-17-22(25)18(35-2)9-19(36-3)23(17)26/h8-11,16,33H,4-7,12-13H2,1-3H3,(H,27,28,29,30). The maximum absolute atomic E-state index is 14.6. The molecule has 3 aromatic rings. The summed E-state index contributed by atoms with van der Waals surface area (Å²) in [4.78, 5) is 22.3. The smallest absolute Gasteiger partial charge is 0.228 e. The molecule has 0 aliphatic carbocycles. The van der Waals surface area contributed by atoms with Crippen molar-refractivity contribution in [3.63, 3.8) is 0 Å². The molecule has 0 radical (unpaired) electrons. The molecule has 2 N–H and O–H groups in total. The zero-order valence-electron chi connectivity index (χ0n) is 20.3. The summed E-state index contributed by atoms with van der Waals surface area (Å²) < 4.78 is 40.8. The van der Waals surface area contributed by atoms with Crippen LogP contribution in [0.15, 0.2) is 24.5 Å². The Morgan fingerprint density at radius 3 is 2.31 bits per heavy atom. The molecule has 0 spiro atoms. The second kappa shape index (κ2) is 10.9. The van der Waals surface area contributed by atoms with E-state index in [0.29, 0.717) is 49.7 Å². The van der Waals surface area contributed by atoms with Crippen LogP contribution in [-0.4, -0.2) is 69.1 Å². The molecule has 0 bridgehead atoms. The number of benzene rings is 1. The molecular formula is C24H28F2N6O4. The molecule has 0 atom stereocenters. The highest BCUT2D eigenvalue weighted by Gasteiger charge is 2.28. The SMILES string of the molecule is COc1cc(OC)c(F)c(CCc2cnc(Nc3cc(CCC(=O)N4CC(O)C4)n(C)n3)nc2)c1F. The monoisotopic (exact) mass is 502 g/mol. The van der Waals surface area contributed by atoms with E-state index in [1.54, 1.807) is 29.0 Å². The second-order valence-electron chi connectivity index (χ2n) is 8.52. The molecule has 1 aliphatic rings. The summed E-state index contributed by atoms with van der Waals surface area (Å²) in [5.41, 5.74) is 1.43. The maximum Gasteiger partial charge on any atom is 0.228 e. The Kier molecular flexibility index (Phi) is 7.63. The number of aryl methyl sites for hydroxylation is 3. The van der Waals surface area contributed by atoms with Crippen LogP contribution >= 0.6 is 0 Å². The number of hydrogen-bond donors (Lipinski definition) is 2. The van der Waals surface area contributed by atoms with Crippen molar-refractivity contribution in [2.75, 3.05) is 32.6 Å². The third-order valence-electron chi connectivity index (χ3n) is 6.06. The highest BCUT2D eigenvalue weighted by molar-refractivity contribution is 5.77. The molecular weight excluding hydrogens is 474 g/mol. The summed E-state index contributed by atoms with van der Waals surface area (Å²) in [5.74, 6) is -0.846. The van der Waals surface area contributed by atoms with Crippen LogP contribution in [0.1, 0.15) is 23.2 Å². The molecule has 2 aromatic heterocycles. The van der Waals surface area contributed by atoms with Crippen LogP contribution in [0, 0.1) is 11.6 Å². The van der Waals surface area contributed by atoms with Crippen molar-refractivity contribution in [1.82, 2.24) is 24.6 Å². The second-order valence-corrected chi connectivity index (χ2v) is 8.52. The minimum absolute atomic E-state index is 0.00193. The van der Waals surface area contributed by atoms with Gasteiger partial charge in [-0.1, -0.05) is 0 Å². The number of methoxy groups -OCH3 is 2. The van der Waals surface area contributed by atoms with Crippen LogP contribution < -0.4 is 14.8 Å². The van der Waals surface area contributed by atoms with Gasteiger partial charge in [-0.25, -0.2) is 18.7 Å². The first kappa shape index (κ1) is 25.3. The molecule has 3 heterocycles. The van der Waals surface area contributed by atoms with Crippen LogP contribution in [-0.2, 0) is 31.1 Å². The van der Waals surface area contributed by atoms with Crippen molar-refractivity contribution in [3.05, 3.63) is 53.0 Å². The quantitative estimate of drug-likeness (QED) is 0.434. The molecule has 4 rings (SSSR count). The van der Waals surface area contributed by atoms with Crippen molar-refractivity contribution >= 4 is 17.7 Å². The van der Waals surface area contributed by atoms with Crippen molar-refractivity contribution < 1.29 is 28.2 Å². The number of aliphatic hydroxyl groups excluding tert-OH is 1. The Labute approximate surface area is 206 Å². The lowest BCUT2D eigenvalue weighted by Gasteiger charge is -2.35. The number of anilines is 2. The number of aliphatic hydroxyl groups is 1. The van der Waals surface area contributed by atoms with E-state index in [4.69, 9.17) is 9.47 Å². The molecule has 1 amide bonds. The molecule has 0 saturated carbocycles. The number of carbonyl (C=O) groups excluding carboxylic acids is 1. The molecule has 192 valence electrons. The van der Waals surface area contributed by atoms with Crippen molar-refractivity contribution in [2.45, 2.75) is 31.8 Å². The summed E-state index contributed by atoms with van der Waals surface area (Å²) in [6.45, 7) is 0.782. The van der Waals surface area contributed by atoms with Gasteiger partial charge in [0.25, 0.3) is 0 Å². The molecule has 10 nitrogen and oxygen atoms in total. The molecule has 12 heteroatoms. The Balaban J connectivity index is 1.34. The first-order valence-corrected chi connectivity index (χ1v) is 11.4. The fraction of sp³-hybridized carbons (Fsp3) is 0.417. The molecule has 1 fully saturated rings. The van der Waals surface area contributed by atoms with E-state index in [-0.39, 0.29) is 29.4 Å². The van der Waals surface area contributed by atoms with E-state index >= 15 is 0 Å². The van der Waals surface area contributed by atoms with E-state index in [2.05, 4.69) is 20.4 Å². The number of hydrogen-bond acceptors (Lipinski definition) is 8. The fourth-order valence-electron chi connectivity index (χ4n) is 3.94. The van der Waals surface area contributed by atoms with Crippen molar-refractivity contribution in [2.24, 2.45) is 7.05 Å². The number of nitrogens with one attached hydrogen (secondary N) is 1. The number of amides is 1. The summed E-state index contributed by atoms with van der Waals surface area (Å²) in [7, 11) is 4.40. The zero-order valence-corrected chi connectivity index (χ0v) is 20.3. The summed E-state index contributed by atoms with van der Waals surface area (Å²) >= 11 is 0. The van der Waals surface area contributed by atoms with Crippen molar-refractivity contribution in [1.29, 1.82) is 0 Å². The Morgan fingerprint density at radius 2 is 1.72 bits per heavy atom. The number of rotatable bonds is 10. The Bertz CT molecular complexity index is 1200. The molecule has 1 aliphatic heterocycles. The number of carbonyl (C=O) groups is 1. The minimum Gasteiger partial charge on any atom is -0.494 e. The zero-order chi connectivity index (χ0) is 25.8. The van der Waals surface area contributed by atoms with Gasteiger partial charge in [0.1, 0.15) is 0 Å². The van der Waals surface area contributed by atoms with Gasteiger partial charge in [-0.3, -0.25) is 9.48 Å². The van der Waals surface area contributed by atoms with Gasteiger partial charge in [0.15, 0.2) is 29.0 Å². The summed E-state index contributed by atoms with van der Waals surface area (Å²) in [5, 5.41) is 16.7. The fourth-order valence-corrected chi connectivity index (χ4v) is 3.94.